The summed E-state index contributed by atoms with van der Waals surface area (Å²) in [6, 6.07) is 10.9. The molecule has 1 amide bonds. The number of anilines is 1. The Bertz CT molecular complexity index is 1050. The van der Waals surface area contributed by atoms with E-state index >= 15 is 0 Å². The number of hydrogen-bond donors (Lipinski definition) is 1. The average Bonchev–Trinajstić information content (AvgIpc) is 3.13. The molecular weight excluding hydrogens is 386 g/mol. The molecule has 8 nitrogen and oxygen atoms in total. The molecule has 0 radical (unpaired) electrons. The predicted octanol–water partition coefficient (Wildman–Crippen LogP) is 3.54. The molecule has 2 aromatic carbocycles. The van der Waals surface area contributed by atoms with Gasteiger partial charge in [0, 0.05) is 0 Å². The van der Waals surface area contributed by atoms with Gasteiger partial charge in [0.05, 0.1) is 24.8 Å². The average molecular weight is 409 g/mol. The monoisotopic (exact) mass is 409 g/mol. The van der Waals surface area contributed by atoms with Crippen molar-refractivity contribution in [2.24, 2.45) is 0 Å². The first-order valence-corrected chi connectivity index (χ1v) is 9.36. The van der Waals surface area contributed by atoms with E-state index in [2.05, 4.69) is 15.5 Å². The summed E-state index contributed by atoms with van der Waals surface area (Å²) < 4.78 is 15.6. The van der Waals surface area contributed by atoms with Crippen molar-refractivity contribution in [3.63, 3.8) is 0 Å². The van der Waals surface area contributed by atoms with Crippen LogP contribution in [0.15, 0.2) is 40.9 Å². The normalized spacial score (nSPS) is 10.5. The molecule has 8 heteroatoms. The highest BCUT2D eigenvalue weighted by Crippen LogP contribution is 2.23. The van der Waals surface area contributed by atoms with Crippen molar-refractivity contribution in [3.05, 3.63) is 70.4 Å². The zero-order valence-electron chi connectivity index (χ0n) is 17.3. The van der Waals surface area contributed by atoms with Gasteiger partial charge in [-0.3, -0.25) is 4.79 Å². The molecule has 0 saturated heterocycles. The van der Waals surface area contributed by atoms with Gasteiger partial charge in [-0.2, -0.15) is 4.98 Å². The molecule has 0 aliphatic heterocycles. The molecule has 1 aromatic heterocycles. The van der Waals surface area contributed by atoms with Crippen molar-refractivity contribution in [3.8, 4) is 5.75 Å². The Labute approximate surface area is 174 Å². The Kier molecular flexibility index (Phi) is 6.46. The van der Waals surface area contributed by atoms with Crippen molar-refractivity contribution in [2.45, 2.75) is 33.8 Å². The summed E-state index contributed by atoms with van der Waals surface area (Å²) in [6.45, 7) is 5.52. The Hall–Kier alpha value is -3.68. The summed E-state index contributed by atoms with van der Waals surface area (Å²) in [5.41, 5.74) is 3.84. The van der Waals surface area contributed by atoms with Crippen LogP contribution in [0.2, 0.25) is 0 Å². The minimum Gasteiger partial charge on any atom is -0.495 e. The van der Waals surface area contributed by atoms with Crippen LogP contribution in [0.4, 0.5) is 5.69 Å². The number of esters is 1. The summed E-state index contributed by atoms with van der Waals surface area (Å²) in [6.07, 6.45) is -0.0916. The van der Waals surface area contributed by atoms with Gasteiger partial charge in [0.2, 0.25) is 5.91 Å². The fourth-order valence-electron chi connectivity index (χ4n) is 3.21. The highest BCUT2D eigenvalue weighted by molar-refractivity contribution is 5.93. The van der Waals surface area contributed by atoms with Gasteiger partial charge >= 0.3 is 5.97 Å². The van der Waals surface area contributed by atoms with E-state index in [-0.39, 0.29) is 30.7 Å². The molecule has 0 aliphatic rings. The first-order valence-electron chi connectivity index (χ1n) is 9.36. The molecule has 30 heavy (non-hydrogen) atoms. The molecule has 0 saturated carbocycles. The van der Waals surface area contributed by atoms with E-state index in [0.29, 0.717) is 17.0 Å². The van der Waals surface area contributed by atoms with Gasteiger partial charge < -0.3 is 19.3 Å². The molecule has 0 spiro atoms. The third-order valence-corrected chi connectivity index (χ3v) is 4.42. The minimum atomic E-state index is -0.460. The summed E-state index contributed by atoms with van der Waals surface area (Å²) >= 11 is 0. The summed E-state index contributed by atoms with van der Waals surface area (Å²) in [4.78, 5) is 28.8. The molecule has 1 N–H and O–H groups in total. The third kappa shape index (κ3) is 5.02. The van der Waals surface area contributed by atoms with E-state index < -0.39 is 5.97 Å². The van der Waals surface area contributed by atoms with Crippen molar-refractivity contribution < 1.29 is 23.6 Å². The lowest BCUT2D eigenvalue weighted by Gasteiger charge is -2.10. The summed E-state index contributed by atoms with van der Waals surface area (Å²) in [5.74, 6) is 0.0728. The number of carbonyl (C=O) groups is 2. The molecule has 0 unspecified atom stereocenters. The number of methoxy groups -OCH3 is 1. The highest BCUT2D eigenvalue weighted by atomic mass is 16.6. The SMILES string of the molecule is COc1ccccc1NC(=O)Cc1noc(COC(=O)c2c(C)cc(C)cc2C)n1. The first kappa shape index (κ1) is 21.0. The van der Waals surface area contributed by atoms with Gasteiger partial charge in [-0.15, -0.1) is 0 Å². The second-order valence-electron chi connectivity index (χ2n) is 6.88. The zero-order valence-corrected chi connectivity index (χ0v) is 17.3. The highest BCUT2D eigenvalue weighted by Gasteiger charge is 2.17. The molecule has 156 valence electrons. The summed E-state index contributed by atoms with van der Waals surface area (Å²) in [5, 5.41) is 6.51. The predicted molar refractivity (Wildman–Crippen MR) is 109 cm³/mol. The van der Waals surface area contributed by atoms with E-state index in [4.69, 9.17) is 14.0 Å². The van der Waals surface area contributed by atoms with E-state index in [0.717, 1.165) is 16.7 Å². The van der Waals surface area contributed by atoms with Crippen LogP contribution in [0.1, 0.15) is 38.8 Å². The molecule has 0 bridgehead atoms. The van der Waals surface area contributed by atoms with Crippen LogP contribution in [-0.4, -0.2) is 29.1 Å². The maximum Gasteiger partial charge on any atom is 0.339 e. The van der Waals surface area contributed by atoms with E-state index in [1.807, 2.05) is 32.9 Å². The lowest BCUT2D eigenvalue weighted by molar-refractivity contribution is -0.115. The number of ether oxygens (including phenoxy) is 2. The maximum atomic E-state index is 12.4. The van der Waals surface area contributed by atoms with Gasteiger partial charge in [0.1, 0.15) is 5.75 Å². The first-order chi connectivity index (χ1) is 14.4. The molecule has 1 heterocycles. The van der Waals surface area contributed by atoms with Crippen molar-refractivity contribution >= 4 is 17.6 Å². The van der Waals surface area contributed by atoms with Crippen LogP contribution in [0.25, 0.3) is 0 Å². The van der Waals surface area contributed by atoms with Crippen LogP contribution in [-0.2, 0) is 22.6 Å². The number of amides is 1. The quantitative estimate of drug-likeness (QED) is 0.595. The molecule has 0 aliphatic carbocycles. The second-order valence-corrected chi connectivity index (χ2v) is 6.88. The molecular formula is C22H23N3O5. The van der Waals surface area contributed by atoms with Gasteiger partial charge in [-0.05, 0) is 44.0 Å². The van der Waals surface area contributed by atoms with Crippen molar-refractivity contribution in [1.29, 1.82) is 0 Å². The molecule has 3 rings (SSSR count). The number of hydrogen-bond acceptors (Lipinski definition) is 7. The van der Waals surface area contributed by atoms with Gasteiger partial charge in [0.15, 0.2) is 12.4 Å². The number of aromatic nitrogens is 2. The molecule has 3 aromatic rings. The second kappa shape index (κ2) is 9.21. The number of carbonyl (C=O) groups excluding carboxylic acids is 2. The standard InChI is InChI=1S/C22H23N3O5/c1-13-9-14(2)21(15(3)10-13)22(27)29-12-20-24-18(25-30-20)11-19(26)23-16-7-5-6-8-17(16)28-4/h5-10H,11-12H2,1-4H3,(H,23,26). The zero-order chi connectivity index (χ0) is 21.7. The van der Waals surface area contributed by atoms with Crippen molar-refractivity contribution in [1.82, 2.24) is 10.1 Å². The Balaban J connectivity index is 1.58. The number of para-hydroxylation sites is 2. The Morgan fingerprint density at radius 3 is 2.50 bits per heavy atom. The smallest absolute Gasteiger partial charge is 0.339 e. The van der Waals surface area contributed by atoms with Crippen LogP contribution in [0.3, 0.4) is 0 Å². The topological polar surface area (TPSA) is 104 Å². The van der Waals surface area contributed by atoms with Gasteiger partial charge in [-0.25, -0.2) is 4.79 Å². The number of benzene rings is 2. The number of aryl methyl sites for hydroxylation is 3. The number of rotatable bonds is 7. The van der Waals surface area contributed by atoms with Crippen LogP contribution in [0, 0.1) is 20.8 Å². The van der Waals surface area contributed by atoms with Gasteiger partial charge in [0.25, 0.3) is 5.89 Å². The fraction of sp³-hybridized carbons (Fsp3) is 0.273. The third-order valence-electron chi connectivity index (χ3n) is 4.42. The van der Waals surface area contributed by atoms with Crippen molar-refractivity contribution in [2.75, 3.05) is 12.4 Å². The Morgan fingerprint density at radius 2 is 1.80 bits per heavy atom. The fourth-order valence-corrected chi connectivity index (χ4v) is 3.21. The van der Waals surface area contributed by atoms with Gasteiger partial charge in [-0.1, -0.05) is 35.0 Å². The van der Waals surface area contributed by atoms with Crippen LogP contribution in [0.5, 0.6) is 5.75 Å². The van der Waals surface area contributed by atoms with Crippen LogP contribution < -0.4 is 10.1 Å². The number of nitrogens with one attached hydrogen (secondary N) is 1. The van der Waals surface area contributed by atoms with Crippen LogP contribution >= 0.6 is 0 Å². The number of nitrogens with zero attached hydrogens (tertiary/aromatic N) is 2. The lowest BCUT2D eigenvalue weighted by Crippen LogP contribution is -2.15. The Morgan fingerprint density at radius 1 is 1.10 bits per heavy atom. The van der Waals surface area contributed by atoms with E-state index in [1.165, 1.54) is 7.11 Å². The largest absolute Gasteiger partial charge is 0.495 e. The van der Waals surface area contributed by atoms with E-state index in [9.17, 15) is 9.59 Å². The molecule has 0 fully saturated rings. The summed E-state index contributed by atoms with van der Waals surface area (Å²) in [7, 11) is 1.53. The maximum absolute atomic E-state index is 12.4. The lowest BCUT2D eigenvalue weighted by atomic mass is 10.00. The minimum absolute atomic E-state index is 0.0916. The molecule has 0 atom stereocenters. The van der Waals surface area contributed by atoms with E-state index in [1.54, 1.807) is 24.3 Å².